The van der Waals surface area contributed by atoms with Crippen LogP contribution in [0.25, 0.3) is 0 Å². The summed E-state index contributed by atoms with van der Waals surface area (Å²) in [5, 5.41) is 23.4. The molecule has 0 aromatic heterocycles. The standard InChI is InChI=1S/C71H137NO5/c1-3-5-7-9-11-13-15-17-19-20-21-22-23-24-25-26-29-32-36-39-43-47-51-55-59-63-69(74)68(67-73)72-70(75)64-60-56-52-48-44-40-37-33-30-27-28-31-34-38-42-46-50-54-58-62-66-77-71(76)65-61-57-53-49-45-41-35-18-16-14-12-10-8-6-4-2/h12,14,18,35,68-69,73-74H,3-11,13,15-17,19-34,36-67H2,1-2H3,(H,72,75)/b14-12-,35-18-. The Labute approximate surface area is 481 Å². The van der Waals surface area contributed by atoms with Crippen LogP contribution in [0.1, 0.15) is 393 Å². The van der Waals surface area contributed by atoms with Crippen LogP contribution in [-0.2, 0) is 14.3 Å². The van der Waals surface area contributed by atoms with Gasteiger partial charge in [-0.1, -0.05) is 346 Å². The Kier molecular flexibility index (Phi) is 65.4. The van der Waals surface area contributed by atoms with Crippen molar-refractivity contribution in [2.75, 3.05) is 13.2 Å². The maximum atomic E-state index is 12.6. The molecule has 6 nitrogen and oxygen atoms in total. The molecule has 2 unspecified atom stereocenters. The molecule has 2 atom stereocenters. The van der Waals surface area contributed by atoms with Crippen molar-refractivity contribution in [1.29, 1.82) is 0 Å². The highest BCUT2D eigenvalue weighted by Crippen LogP contribution is 2.19. The van der Waals surface area contributed by atoms with Crippen LogP contribution in [0.4, 0.5) is 0 Å². The number of hydrogen-bond donors (Lipinski definition) is 3. The van der Waals surface area contributed by atoms with E-state index in [2.05, 4.69) is 43.5 Å². The quantitative estimate of drug-likeness (QED) is 0.0320. The number of esters is 1. The van der Waals surface area contributed by atoms with Gasteiger partial charge in [-0.25, -0.2) is 0 Å². The summed E-state index contributed by atoms with van der Waals surface area (Å²) < 4.78 is 5.48. The van der Waals surface area contributed by atoms with Crippen LogP contribution in [0.15, 0.2) is 24.3 Å². The largest absolute Gasteiger partial charge is 0.466 e. The van der Waals surface area contributed by atoms with Gasteiger partial charge in [-0.05, 0) is 57.8 Å². The van der Waals surface area contributed by atoms with Crippen molar-refractivity contribution in [2.24, 2.45) is 0 Å². The number of rotatable bonds is 66. The Balaban J connectivity index is 3.39. The molecule has 0 fully saturated rings. The zero-order valence-electron chi connectivity index (χ0n) is 52.2. The number of ether oxygens (including phenoxy) is 1. The van der Waals surface area contributed by atoms with Gasteiger partial charge in [0.25, 0.3) is 0 Å². The summed E-state index contributed by atoms with van der Waals surface area (Å²) in [6.07, 6.45) is 83.6. The van der Waals surface area contributed by atoms with E-state index in [0.29, 0.717) is 25.9 Å². The van der Waals surface area contributed by atoms with Crippen LogP contribution >= 0.6 is 0 Å². The maximum Gasteiger partial charge on any atom is 0.305 e. The van der Waals surface area contributed by atoms with E-state index in [4.69, 9.17) is 4.74 Å². The van der Waals surface area contributed by atoms with Gasteiger partial charge in [-0.2, -0.15) is 0 Å². The van der Waals surface area contributed by atoms with Crippen LogP contribution in [0.2, 0.25) is 0 Å². The van der Waals surface area contributed by atoms with Gasteiger partial charge in [0.05, 0.1) is 25.4 Å². The van der Waals surface area contributed by atoms with E-state index < -0.39 is 12.1 Å². The molecule has 0 radical (unpaired) electrons. The first kappa shape index (κ1) is 75.3. The number of nitrogens with one attached hydrogen (secondary N) is 1. The SMILES string of the molecule is CCCCC/C=C\C/C=C\CCCCCCCC(=O)OCCCCCCCCCCCCCCCCCCCCCCC(=O)NC(CO)C(O)CCCCCCCCCCCCCCCCCCCCCCCCCCC. The van der Waals surface area contributed by atoms with E-state index in [1.807, 2.05) is 0 Å². The van der Waals surface area contributed by atoms with Crippen molar-refractivity contribution in [2.45, 2.75) is 405 Å². The van der Waals surface area contributed by atoms with Crippen molar-refractivity contribution in [3.8, 4) is 0 Å². The van der Waals surface area contributed by atoms with Gasteiger partial charge in [0, 0.05) is 12.8 Å². The van der Waals surface area contributed by atoms with E-state index in [1.165, 1.54) is 308 Å². The lowest BCUT2D eigenvalue weighted by Gasteiger charge is -2.22. The molecule has 0 heterocycles. The molecule has 0 aliphatic carbocycles. The Morgan fingerprint density at radius 3 is 1.01 bits per heavy atom. The number of carbonyl (C=O) groups is 2. The highest BCUT2D eigenvalue weighted by atomic mass is 16.5. The Morgan fingerprint density at radius 2 is 0.649 bits per heavy atom. The predicted octanol–water partition coefficient (Wildman–Crippen LogP) is 22.5. The first-order chi connectivity index (χ1) is 38.0. The average molecular weight is 1080 g/mol. The molecule has 0 spiro atoms. The second-order valence-corrected chi connectivity index (χ2v) is 24.2. The fourth-order valence-electron chi connectivity index (χ4n) is 11.1. The number of unbranched alkanes of at least 4 members (excludes halogenated alkanes) is 51. The number of carbonyl (C=O) groups excluding carboxylic acids is 2. The van der Waals surface area contributed by atoms with Gasteiger partial charge in [-0.15, -0.1) is 0 Å². The second kappa shape index (κ2) is 66.8. The van der Waals surface area contributed by atoms with Gasteiger partial charge in [-0.3, -0.25) is 9.59 Å². The fourth-order valence-corrected chi connectivity index (χ4v) is 11.1. The van der Waals surface area contributed by atoms with Gasteiger partial charge < -0.3 is 20.3 Å². The van der Waals surface area contributed by atoms with Crippen molar-refractivity contribution in [3.05, 3.63) is 24.3 Å². The van der Waals surface area contributed by atoms with Crippen molar-refractivity contribution >= 4 is 11.9 Å². The van der Waals surface area contributed by atoms with Crippen molar-refractivity contribution < 1.29 is 24.5 Å². The summed E-state index contributed by atoms with van der Waals surface area (Å²) in [4.78, 5) is 24.6. The highest BCUT2D eigenvalue weighted by Gasteiger charge is 2.20. The van der Waals surface area contributed by atoms with Crippen LogP contribution < -0.4 is 5.32 Å². The smallest absolute Gasteiger partial charge is 0.305 e. The summed E-state index contributed by atoms with van der Waals surface area (Å²) in [7, 11) is 0. The van der Waals surface area contributed by atoms with Crippen molar-refractivity contribution in [1.82, 2.24) is 5.32 Å². The van der Waals surface area contributed by atoms with Crippen LogP contribution in [0.3, 0.4) is 0 Å². The van der Waals surface area contributed by atoms with Crippen LogP contribution in [-0.4, -0.2) is 47.4 Å². The minimum atomic E-state index is -0.667. The fraction of sp³-hybridized carbons (Fsp3) is 0.915. The van der Waals surface area contributed by atoms with E-state index in [0.717, 1.165) is 51.4 Å². The van der Waals surface area contributed by atoms with Gasteiger partial charge in [0.1, 0.15) is 0 Å². The predicted molar refractivity (Wildman–Crippen MR) is 338 cm³/mol. The summed E-state index contributed by atoms with van der Waals surface area (Å²) in [5.74, 6) is -0.0346. The normalized spacial score (nSPS) is 12.6. The lowest BCUT2D eigenvalue weighted by atomic mass is 10.0. The molecule has 0 saturated heterocycles. The highest BCUT2D eigenvalue weighted by molar-refractivity contribution is 5.76. The zero-order chi connectivity index (χ0) is 55.7. The molecule has 456 valence electrons. The Morgan fingerprint density at radius 1 is 0.364 bits per heavy atom. The van der Waals surface area contributed by atoms with Gasteiger partial charge in [0.2, 0.25) is 5.91 Å². The third-order valence-electron chi connectivity index (χ3n) is 16.5. The summed E-state index contributed by atoms with van der Waals surface area (Å²) in [5.41, 5.74) is 0. The molecule has 6 heteroatoms. The molecule has 0 aromatic carbocycles. The Hall–Kier alpha value is -1.66. The first-order valence-corrected chi connectivity index (χ1v) is 35.1. The molecule has 77 heavy (non-hydrogen) atoms. The minimum Gasteiger partial charge on any atom is -0.466 e. The monoisotopic (exact) mass is 1080 g/mol. The topological polar surface area (TPSA) is 95.9 Å². The molecule has 0 rings (SSSR count). The van der Waals surface area contributed by atoms with E-state index in [1.54, 1.807) is 0 Å². The number of aliphatic hydroxyl groups is 2. The van der Waals surface area contributed by atoms with Gasteiger partial charge in [0.15, 0.2) is 0 Å². The third kappa shape index (κ3) is 63.4. The zero-order valence-corrected chi connectivity index (χ0v) is 52.2. The molecular weight excluding hydrogens is 947 g/mol. The van der Waals surface area contributed by atoms with Gasteiger partial charge >= 0.3 is 5.97 Å². The van der Waals surface area contributed by atoms with Crippen molar-refractivity contribution in [3.63, 3.8) is 0 Å². The molecule has 0 aliphatic rings. The van der Waals surface area contributed by atoms with Crippen LogP contribution in [0, 0.1) is 0 Å². The lowest BCUT2D eigenvalue weighted by Crippen LogP contribution is -2.45. The molecular formula is C71H137NO5. The second-order valence-electron chi connectivity index (χ2n) is 24.2. The summed E-state index contributed by atoms with van der Waals surface area (Å²) in [6, 6.07) is -0.545. The molecule has 0 aromatic rings. The maximum absolute atomic E-state index is 12.6. The van der Waals surface area contributed by atoms with E-state index in [9.17, 15) is 19.8 Å². The molecule has 1 amide bonds. The summed E-state index contributed by atoms with van der Waals surface area (Å²) >= 11 is 0. The number of hydrogen-bond acceptors (Lipinski definition) is 5. The summed E-state index contributed by atoms with van der Waals surface area (Å²) in [6.45, 7) is 4.95. The Bertz CT molecular complexity index is 1200. The first-order valence-electron chi connectivity index (χ1n) is 35.1. The molecule has 0 saturated carbocycles. The van der Waals surface area contributed by atoms with Crippen LogP contribution in [0.5, 0.6) is 0 Å². The number of aliphatic hydroxyl groups excluding tert-OH is 2. The minimum absolute atomic E-state index is 0.00230. The lowest BCUT2D eigenvalue weighted by molar-refractivity contribution is -0.143. The number of allylic oxidation sites excluding steroid dienone is 4. The molecule has 0 bridgehead atoms. The third-order valence-corrected chi connectivity index (χ3v) is 16.5. The average Bonchev–Trinajstić information content (AvgIpc) is 3.43. The number of amides is 1. The van der Waals surface area contributed by atoms with E-state index >= 15 is 0 Å². The van der Waals surface area contributed by atoms with E-state index in [-0.39, 0.29) is 18.5 Å². The molecule has 0 aliphatic heterocycles. The molecule has 3 N–H and O–H groups in total.